The highest BCUT2D eigenvalue weighted by Crippen LogP contribution is 1.96. The number of rotatable bonds is 6. The lowest BCUT2D eigenvalue weighted by Gasteiger charge is -2.18. The second-order valence-electron chi connectivity index (χ2n) is 3.28. The van der Waals surface area contributed by atoms with Crippen molar-refractivity contribution in [3.63, 3.8) is 0 Å². The molecule has 0 aliphatic heterocycles. The molecule has 84 valence electrons. The molecule has 15 heavy (non-hydrogen) atoms. The Hall–Kier alpha value is -1.51. The molecule has 0 aliphatic rings. The molecule has 0 spiro atoms. The first-order chi connectivity index (χ1) is 7.15. The van der Waals surface area contributed by atoms with E-state index in [-0.39, 0.29) is 6.03 Å². The zero-order valence-electron chi connectivity index (χ0n) is 9.62. The van der Waals surface area contributed by atoms with Gasteiger partial charge in [0.1, 0.15) is 0 Å². The summed E-state index contributed by atoms with van der Waals surface area (Å²) in [6.07, 6.45) is 6.06. The van der Waals surface area contributed by atoms with E-state index in [1.54, 1.807) is 23.3 Å². The van der Waals surface area contributed by atoms with Gasteiger partial charge in [-0.2, -0.15) is 0 Å². The average Bonchev–Trinajstić information content (AvgIpc) is 2.25. The molecule has 0 bridgehead atoms. The molecule has 0 aromatic heterocycles. The van der Waals surface area contributed by atoms with Gasteiger partial charge in [0.25, 0.3) is 0 Å². The van der Waals surface area contributed by atoms with Gasteiger partial charge in [0.2, 0.25) is 0 Å². The van der Waals surface area contributed by atoms with Crippen LogP contribution in [-0.4, -0.2) is 24.0 Å². The molecule has 0 aliphatic carbocycles. The SMILES string of the molecule is C=CCN(CC=C)C(=O)N/C=C(\C)CC. The minimum atomic E-state index is -0.123. The molecule has 0 unspecified atom stereocenters. The first kappa shape index (κ1) is 13.5. The zero-order valence-corrected chi connectivity index (χ0v) is 9.62. The highest BCUT2D eigenvalue weighted by molar-refractivity contribution is 5.75. The second kappa shape index (κ2) is 7.85. The largest absolute Gasteiger partial charge is 0.321 e. The van der Waals surface area contributed by atoms with Crippen molar-refractivity contribution < 1.29 is 4.79 Å². The van der Waals surface area contributed by atoms with Crippen LogP contribution in [0.1, 0.15) is 20.3 Å². The lowest BCUT2D eigenvalue weighted by molar-refractivity contribution is 0.212. The van der Waals surface area contributed by atoms with Crippen LogP contribution in [-0.2, 0) is 0 Å². The smallest absolute Gasteiger partial charge is 0.317 e. The summed E-state index contributed by atoms with van der Waals surface area (Å²) in [4.78, 5) is 13.2. The highest BCUT2D eigenvalue weighted by atomic mass is 16.2. The van der Waals surface area contributed by atoms with Gasteiger partial charge in [-0.15, -0.1) is 13.2 Å². The lowest BCUT2D eigenvalue weighted by Crippen LogP contribution is -2.37. The molecule has 0 aromatic carbocycles. The molecule has 3 heteroatoms. The number of allylic oxidation sites excluding steroid dienone is 1. The normalized spacial score (nSPS) is 10.7. The maximum absolute atomic E-state index is 11.6. The Bertz CT molecular complexity index is 246. The highest BCUT2D eigenvalue weighted by Gasteiger charge is 2.07. The van der Waals surface area contributed by atoms with E-state index in [2.05, 4.69) is 18.5 Å². The quantitative estimate of drug-likeness (QED) is 0.669. The predicted molar refractivity (Wildman–Crippen MR) is 64.5 cm³/mol. The maximum atomic E-state index is 11.6. The number of hydrogen-bond acceptors (Lipinski definition) is 1. The van der Waals surface area contributed by atoms with Crippen LogP contribution < -0.4 is 5.32 Å². The summed E-state index contributed by atoms with van der Waals surface area (Å²) in [6.45, 7) is 12.3. The molecular weight excluding hydrogens is 188 g/mol. The van der Waals surface area contributed by atoms with E-state index >= 15 is 0 Å². The van der Waals surface area contributed by atoms with Crippen LogP contribution in [0.3, 0.4) is 0 Å². The van der Waals surface area contributed by atoms with Gasteiger partial charge in [0.15, 0.2) is 0 Å². The first-order valence-electron chi connectivity index (χ1n) is 5.08. The molecule has 0 aromatic rings. The maximum Gasteiger partial charge on any atom is 0.321 e. The monoisotopic (exact) mass is 208 g/mol. The van der Waals surface area contributed by atoms with Gasteiger partial charge in [-0.3, -0.25) is 0 Å². The first-order valence-corrected chi connectivity index (χ1v) is 5.08. The third kappa shape index (κ3) is 5.73. The van der Waals surface area contributed by atoms with Crippen molar-refractivity contribution >= 4 is 6.03 Å². The van der Waals surface area contributed by atoms with Crippen LogP contribution in [0, 0.1) is 0 Å². The molecule has 0 atom stereocenters. The van der Waals surface area contributed by atoms with Gasteiger partial charge in [-0.25, -0.2) is 4.79 Å². The number of nitrogens with zero attached hydrogens (tertiary/aromatic N) is 1. The van der Waals surface area contributed by atoms with Crippen LogP contribution in [0.15, 0.2) is 37.1 Å². The minimum Gasteiger partial charge on any atom is -0.317 e. The number of urea groups is 1. The molecular formula is C12H20N2O. The topological polar surface area (TPSA) is 32.3 Å². The van der Waals surface area contributed by atoms with Crippen LogP contribution in [0.25, 0.3) is 0 Å². The van der Waals surface area contributed by atoms with E-state index in [0.717, 1.165) is 12.0 Å². The number of amides is 2. The summed E-state index contributed by atoms with van der Waals surface area (Å²) >= 11 is 0. The number of carbonyl (C=O) groups excluding carboxylic acids is 1. The van der Waals surface area contributed by atoms with Crippen molar-refractivity contribution in [1.29, 1.82) is 0 Å². The molecule has 2 amide bonds. The Morgan fingerprint density at radius 1 is 1.33 bits per heavy atom. The predicted octanol–water partition coefficient (Wildman–Crippen LogP) is 2.68. The molecule has 0 radical (unpaired) electrons. The summed E-state index contributed by atoms with van der Waals surface area (Å²) in [7, 11) is 0. The van der Waals surface area contributed by atoms with E-state index in [0.29, 0.717) is 13.1 Å². The van der Waals surface area contributed by atoms with Gasteiger partial charge in [0, 0.05) is 19.3 Å². The second-order valence-corrected chi connectivity index (χ2v) is 3.28. The fourth-order valence-electron chi connectivity index (χ4n) is 0.930. The standard InChI is InChI=1S/C12H20N2O/c1-5-8-14(9-6-2)12(15)13-10-11(4)7-3/h5-6,10H,1-2,7-9H2,3-4H3,(H,13,15)/b11-10+. The summed E-state index contributed by atoms with van der Waals surface area (Å²) in [5.74, 6) is 0. The van der Waals surface area contributed by atoms with Crippen molar-refractivity contribution in [2.45, 2.75) is 20.3 Å². The van der Waals surface area contributed by atoms with Crippen molar-refractivity contribution in [3.8, 4) is 0 Å². The van der Waals surface area contributed by atoms with Gasteiger partial charge in [-0.05, 0) is 13.3 Å². The Kier molecular flexibility index (Phi) is 7.06. The molecule has 0 rings (SSSR count). The average molecular weight is 208 g/mol. The Morgan fingerprint density at radius 2 is 1.87 bits per heavy atom. The lowest BCUT2D eigenvalue weighted by atomic mass is 10.3. The Labute approximate surface area is 92.2 Å². The van der Waals surface area contributed by atoms with E-state index in [1.165, 1.54) is 0 Å². The molecule has 3 nitrogen and oxygen atoms in total. The van der Waals surface area contributed by atoms with Crippen LogP contribution >= 0.6 is 0 Å². The Balaban J connectivity index is 4.24. The fourth-order valence-corrected chi connectivity index (χ4v) is 0.930. The van der Waals surface area contributed by atoms with E-state index in [1.807, 2.05) is 13.8 Å². The molecule has 0 saturated carbocycles. The zero-order chi connectivity index (χ0) is 11.7. The Morgan fingerprint density at radius 3 is 2.27 bits per heavy atom. The summed E-state index contributed by atoms with van der Waals surface area (Å²) < 4.78 is 0. The molecule has 1 N–H and O–H groups in total. The van der Waals surface area contributed by atoms with Crippen molar-refractivity contribution in [3.05, 3.63) is 37.1 Å². The van der Waals surface area contributed by atoms with Gasteiger partial charge in [-0.1, -0.05) is 24.6 Å². The molecule has 0 fully saturated rings. The van der Waals surface area contributed by atoms with Crippen LogP contribution in [0.4, 0.5) is 4.79 Å². The van der Waals surface area contributed by atoms with Gasteiger partial charge < -0.3 is 10.2 Å². The van der Waals surface area contributed by atoms with E-state index in [9.17, 15) is 4.79 Å². The molecule has 0 heterocycles. The van der Waals surface area contributed by atoms with Crippen molar-refractivity contribution in [2.75, 3.05) is 13.1 Å². The van der Waals surface area contributed by atoms with Crippen LogP contribution in [0.2, 0.25) is 0 Å². The minimum absolute atomic E-state index is 0.123. The number of carbonyl (C=O) groups is 1. The third-order valence-electron chi connectivity index (χ3n) is 1.99. The summed E-state index contributed by atoms with van der Waals surface area (Å²) in [5.41, 5.74) is 1.14. The fraction of sp³-hybridized carbons (Fsp3) is 0.417. The van der Waals surface area contributed by atoms with Gasteiger partial charge in [0.05, 0.1) is 0 Å². The van der Waals surface area contributed by atoms with Crippen LogP contribution in [0.5, 0.6) is 0 Å². The van der Waals surface area contributed by atoms with E-state index < -0.39 is 0 Å². The number of hydrogen-bond donors (Lipinski definition) is 1. The van der Waals surface area contributed by atoms with E-state index in [4.69, 9.17) is 0 Å². The van der Waals surface area contributed by atoms with Crippen molar-refractivity contribution in [1.82, 2.24) is 10.2 Å². The van der Waals surface area contributed by atoms with Gasteiger partial charge >= 0.3 is 6.03 Å². The van der Waals surface area contributed by atoms with Crippen molar-refractivity contribution in [2.24, 2.45) is 0 Å². The molecule has 0 saturated heterocycles. The number of nitrogens with one attached hydrogen (secondary N) is 1. The summed E-state index contributed by atoms with van der Waals surface area (Å²) in [6, 6.07) is -0.123. The third-order valence-corrected chi connectivity index (χ3v) is 1.99. The summed E-state index contributed by atoms with van der Waals surface area (Å²) in [5, 5.41) is 2.73.